The molecule has 1 aliphatic rings. The summed E-state index contributed by atoms with van der Waals surface area (Å²) in [6.45, 7) is 8.66. The number of nitrogens with zero attached hydrogens (tertiary/aromatic N) is 2. The molecule has 4 heteroatoms. The van der Waals surface area contributed by atoms with Gasteiger partial charge in [-0.25, -0.2) is 0 Å². The minimum Gasteiger partial charge on any atom is -0.385 e. The van der Waals surface area contributed by atoms with Gasteiger partial charge in [-0.3, -0.25) is 0 Å². The van der Waals surface area contributed by atoms with Crippen LogP contribution in [0, 0.1) is 0 Å². The molecule has 1 fully saturated rings. The zero-order chi connectivity index (χ0) is 12.3. The topological polar surface area (TPSA) is 24.9 Å². The van der Waals surface area contributed by atoms with E-state index in [1.54, 1.807) is 7.11 Å². The predicted molar refractivity (Wildman–Crippen MR) is 70.5 cm³/mol. The zero-order valence-electron chi connectivity index (χ0n) is 11.5. The Bertz CT molecular complexity index is 171. The van der Waals surface area contributed by atoms with Crippen molar-refractivity contribution in [3.8, 4) is 0 Å². The molecule has 0 amide bonds. The highest BCUT2D eigenvalue weighted by Gasteiger charge is 2.12. The van der Waals surface area contributed by atoms with Crippen LogP contribution in [0.15, 0.2) is 0 Å². The quantitative estimate of drug-likeness (QED) is 0.566. The lowest BCUT2D eigenvalue weighted by Gasteiger charge is -2.32. The standard InChI is InChI=1S/C13H28N2O2/c1-14-7-9-15(10-8-14)6-5-13-17-12-4-3-11-16-2/h3-13H2,1-2H3. The van der Waals surface area contributed by atoms with Gasteiger partial charge in [-0.05, 0) is 26.3 Å². The minimum absolute atomic E-state index is 0.852. The summed E-state index contributed by atoms with van der Waals surface area (Å²) >= 11 is 0. The van der Waals surface area contributed by atoms with Gasteiger partial charge in [0, 0.05) is 59.7 Å². The van der Waals surface area contributed by atoms with Gasteiger partial charge in [-0.1, -0.05) is 0 Å². The van der Waals surface area contributed by atoms with Gasteiger partial charge in [0.05, 0.1) is 0 Å². The third-order valence-corrected chi connectivity index (χ3v) is 3.25. The molecule has 0 bridgehead atoms. The number of hydrogen-bond donors (Lipinski definition) is 0. The van der Waals surface area contributed by atoms with Crippen molar-refractivity contribution in [3.63, 3.8) is 0 Å². The molecule has 0 unspecified atom stereocenters. The van der Waals surface area contributed by atoms with E-state index >= 15 is 0 Å². The van der Waals surface area contributed by atoms with Crippen LogP contribution in [0.2, 0.25) is 0 Å². The number of hydrogen-bond acceptors (Lipinski definition) is 4. The van der Waals surface area contributed by atoms with E-state index in [2.05, 4.69) is 16.8 Å². The first-order chi connectivity index (χ1) is 8.33. The third-order valence-electron chi connectivity index (χ3n) is 3.25. The van der Waals surface area contributed by atoms with Gasteiger partial charge >= 0.3 is 0 Å². The summed E-state index contributed by atoms with van der Waals surface area (Å²) in [7, 11) is 3.94. The molecule has 0 N–H and O–H groups in total. The Labute approximate surface area is 106 Å². The molecule has 0 aromatic rings. The highest BCUT2D eigenvalue weighted by molar-refractivity contribution is 4.68. The van der Waals surface area contributed by atoms with Crippen LogP contribution in [0.25, 0.3) is 0 Å². The van der Waals surface area contributed by atoms with Crippen molar-refractivity contribution in [2.75, 3.05) is 66.7 Å². The summed E-state index contributed by atoms with van der Waals surface area (Å²) < 4.78 is 10.6. The first kappa shape index (κ1) is 14.9. The van der Waals surface area contributed by atoms with Crippen molar-refractivity contribution in [2.24, 2.45) is 0 Å². The molecule has 1 aliphatic heterocycles. The predicted octanol–water partition coefficient (Wildman–Crippen LogP) is 1.07. The minimum atomic E-state index is 0.852. The van der Waals surface area contributed by atoms with Crippen molar-refractivity contribution in [3.05, 3.63) is 0 Å². The first-order valence-corrected chi connectivity index (χ1v) is 6.80. The molecule has 0 saturated carbocycles. The smallest absolute Gasteiger partial charge is 0.0478 e. The fraction of sp³-hybridized carbons (Fsp3) is 1.00. The lowest BCUT2D eigenvalue weighted by Crippen LogP contribution is -2.44. The van der Waals surface area contributed by atoms with Gasteiger partial charge in [-0.15, -0.1) is 0 Å². The second-order valence-electron chi connectivity index (χ2n) is 4.81. The molecule has 4 nitrogen and oxygen atoms in total. The molecule has 1 rings (SSSR count). The van der Waals surface area contributed by atoms with Crippen LogP contribution in [-0.4, -0.2) is 76.5 Å². The summed E-state index contributed by atoms with van der Waals surface area (Å²) in [5, 5.41) is 0. The average Bonchev–Trinajstić information content (AvgIpc) is 2.35. The molecular weight excluding hydrogens is 216 g/mol. The van der Waals surface area contributed by atoms with Crippen molar-refractivity contribution >= 4 is 0 Å². The number of ether oxygens (including phenoxy) is 2. The van der Waals surface area contributed by atoms with E-state index < -0.39 is 0 Å². The maximum Gasteiger partial charge on any atom is 0.0478 e. The largest absolute Gasteiger partial charge is 0.385 e. The first-order valence-electron chi connectivity index (χ1n) is 6.80. The van der Waals surface area contributed by atoms with E-state index in [1.165, 1.54) is 32.7 Å². The fourth-order valence-electron chi connectivity index (χ4n) is 2.01. The van der Waals surface area contributed by atoms with Gasteiger partial charge in [0.2, 0.25) is 0 Å². The summed E-state index contributed by atoms with van der Waals surface area (Å²) in [4.78, 5) is 4.93. The van der Waals surface area contributed by atoms with Crippen LogP contribution in [0.1, 0.15) is 19.3 Å². The van der Waals surface area contributed by atoms with E-state index in [1.807, 2.05) is 0 Å². The molecule has 0 aliphatic carbocycles. The van der Waals surface area contributed by atoms with Crippen molar-refractivity contribution in [1.29, 1.82) is 0 Å². The van der Waals surface area contributed by atoms with Crippen LogP contribution in [0.4, 0.5) is 0 Å². The molecule has 102 valence electrons. The van der Waals surface area contributed by atoms with Crippen molar-refractivity contribution in [1.82, 2.24) is 9.80 Å². The molecule has 0 spiro atoms. The molecule has 1 heterocycles. The van der Waals surface area contributed by atoms with Gasteiger partial charge in [0.1, 0.15) is 0 Å². The lowest BCUT2D eigenvalue weighted by atomic mass is 10.3. The number of rotatable bonds is 9. The monoisotopic (exact) mass is 244 g/mol. The van der Waals surface area contributed by atoms with Crippen molar-refractivity contribution < 1.29 is 9.47 Å². The molecule has 0 radical (unpaired) electrons. The second-order valence-corrected chi connectivity index (χ2v) is 4.81. The average molecular weight is 244 g/mol. The normalized spacial score (nSPS) is 18.7. The maximum atomic E-state index is 5.60. The Morgan fingerprint density at radius 1 is 0.882 bits per heavy atom. The third kappa shape index (κ3) is 7.71. The van der Waals surface area contributed by atoms with Crippen LogP contribution < -0.4 is 0 Å². The van der Waals surface area contributed by atoms with E-state index in [9.17, 15) is 0 Å². The van der Waals surface area contributed by atoms with E-state index in [-0.39, 0.29) is 0 Å². The molecule has 0 atom stereocenters. The van der Waals surface area contributed by atoms with Crippen molar-refractivity contribution in [2.45, 2.75) is 19.3 Å². The van der Waals surface area contributed by atoms with Crippen LogP contribution in [0.3, 0.4) is 0 Å². The lowest BCUT2D eigenvalue weighted by molar-refractivity contribution is 0.0984. The Balaban J connectivity index is 1.81. The van der Waals surface area contributed by atoms with E-state index in [0.29, 0.717) is 0 Å². The highest BCUT2D eigenvalue weighted by atomic mass is 16.5. The number of piperazine rings is 1. The van der Waals surface area contributed by atoms with Gasteiger partial charge in [0.15, 0.2) is 0 Å². The van der Waals surface area contributed by atoms with Gasteiger partial charge in [-0.2, -0.15) is 0 Å². The van der Waals surface area contributed by atoms with Gasteiger partial charge in [0.25, 0.3) is 0 Å². The molecule has 17 heavy (non-hydrogen) atoms. The Morgan fingerprint density at radius 3 is 2.24 bits per heavy atom. The SMILES string of the molecule is COCCCCOCCCN1CCN(C)CC1. The molecule has 1 saturated heterocycles. The van der Waals surface area contributed by atoms with E-state index in [4.69, 9.17) is 9.47 Å². The van der Waals surface area contributed by atoms with Crippen LogP contribution in [0.5, 0.6) is 0 Å². The molecule has 0 aromatic carbocycles. The number of methoxy groups -OCH3 is 1. The Hall–Kier alpha value is -0.160. The number of likely N-dealkylation sites (N-methyl/N-ethyl adjacent to an activating group) is 1. The Kier molecular flexibility index (Phi) is 8.61. The molecule has 0 aromatic heterocycles. The highest BCUT2D eigenvalue weighted by Crippen LogP contribution is 2.00. The molecular formula is C13H28N2O2. The summed E-state index contributed by atoms with van der Waals surface area (Å²) in [5.74, 6) is 0. The summed E-state index contributed by atoms with van der Waals surface area (Å²) in [6, 6.07) is 0. The Morgan fingerprint density at radius 2 is 1.53 bits per heavy atom. The summed E-state index contributed by atoms with van der Waals surface area (Å²) in [6.07, 6.45) is 3.38. The number of unbranched alkanes of at least 4 members (excludes halogenated alkanes) is 1. The van der Waals surface area contributed by atoms with Crippen LogP contribution in [-0.2, 0) is 9.47 Å². The second kappa shape index (κ2) is 9.83. The fourth-order valence-corrected chi connectivity index (χ4v) is 2.01. The van der Waals surface area contributed by atoms with Crippen LogP contribution >= 0.6 is 0 Å². The van der Waals surface area contributed by atoms with E-state index in [0.717, 1.165) is 39.1 Å². The van der Waals surface area contributed by atoms with Gasteiger partial charge < -0.3 is 19.3 Å². The maximum absolute atomic E-state index is 5.60. The summed E-state index contributed by atoms with van der Waals surface area (Å²) in [5.41, 5.74) is 0. The zero-order valence-corrected chi connectivity index (χ0v) is 11.5.